The van der Waals surface area contributed by atoms with Crippen molar-refractivity contribution in [2.24, 2.45) is 5.92 Å². The van der Waals surface area contributed by atoms with Gasteiger partial charge < -0.3 is 15.3 Å². The summed E-state index contributed by atoms with van der Waals surface area (Å²) in [6.45, 7) is 0. The topological polar surface area (TPSA) is 60.7 Å². The molecule has 1 aliphatic rings. The summed E-state index contributed by atoms with van der Waals surface area (Å²) in [6, 6.07) is 4.87. The third-order valence-corrected chi connectivity index (χ3v) is 5.27. The molecule has 0 aromatic heterocycles. The zero-order valence-corrected chi connectivity index (χ0v) is 15.8. The molecular formula is C23H34O3. The zero-order chi connectivity index (χ0) is 18.6. The average molecular weight is 359 g/mol. The molecule has 1 aliphatic carbocycles. The van der Waals surface area contributed by atoms with Crippen molar-refractivity contribution in [2.75, 3.05) is 0 Å². The van der Waals surface area contributed by atoms with Crippen molar-refractivity contribution >= 4 is 6.08 Å². The Morgan fingerprint density at radius 1 is 0.885 bits per heavy atom. The van der Waals surface area contributed by atoms with E-state index in [0.717, 1.165) is 24.8 Å². The van der Waals surface area contributed by atoms with Gasteiger partial charge >= 0.3 is 0 Å². The van der Waals surface area contributed by atoms with Crippen LogP contribution in [0.1, 0.15) is 76.2 Å². The van der Waals surface area contributed by atoms with E-state index in [0.29, 0.717) is 5.92 Å². The Morgan fingerprint density at radius 2 is 1.58 bits per heavy atom. The first-order valence-corrected chi connectivity index (χ1v) is 10.2. The van der Waals surface area contributed by atoms with Gasteiger partial charge in [0.2, 0.25) is 0 Å². The lowest BCUT2D eigenvalue weighted by Gasteiger charge is -2.24. The first-order chi connectivity index (χ1) is 12.7. The molecule has 0 saturated heterocycles. The second-order valence-electron chi connectivity index (χ2n) is 7.46. The minimum Gasteiger partial charge on any atom is -0.504 e. The lowest BCUT2D eigenvalue weighted by molar-refractivity contribution is 0.125. The standard InChI is InChI=1S/C23H34O3/c24-21(20-13-9-7-10-14-20)15-11-6-4-2-1-3-5-8-12-19-16-17-22(25)23(26)18-19/h8,11-12,15-18,20-21,24-26H,1-7,9-10,13-14H2/b12-8-,15-11+. The highest BCUT2D eigenvalue weighted by Crippen LogP contribution is 2.27. The van der Waals surface area contributed by atoms with Gasteiger partial charge in [0.25, 0.3) is 0 Å². The van der Waals surface area contributed by atoms with Crippen LogP contribution in [0.5, 0.6) is 11.5 Å². The van der Waals surface area contributed by atoms with Crippen molar-refractivity contribution in [3.63, 3.8) is 0 Å². The van der Waals surface area contributed by atoms with Gasteiger partial charge in [-0.3, -0.25) is 0 Å². The molecule has 3 nitrogen and oxygen atoms in total. The molecule has 1 aromatic rings. The molecule has 1 atom stereocenters. The van der Waals surface area contributed by atoms with Crippen LogP contribution in [0.3, 0.4) is 0 Å². The van der Waals surface area contributed by atoms with Gasteiger partial charge in [0.05, 0.1) is 6.10 Å². The molecule has 0 bridgehead atoms. The number of allylic oxidation sites excluding steroid dienone is 2. The highest BCUT2D eigenvalue weighted by atomic mass is 16.3. The van der Waals surface area contributed by atoms with Gasteiger partial charge in [-0.2, -0.15) is 0 Å². The van der Waals surface area contributed by atoms with Crippen LogP contribution in [-0.4, -0.2) is 21.4 Å². The van der Waals surface area contributed by atoms with Crippen molar-refractivity contribution in [3.05, 3.63) is 42.0 Å². The lowest BCUT2D eigenvalue weighted by Crippen LogP contribution is -2.20. The summed E-state index contributed by atoms with van der Waals surface area (Å²) >= 11 is 0. The van der Waals surface area contributed by atoms with Crippen LogP contribution in [0.25, 0.3) is 6.08 Å². The maximum absolute atomic E-state index is 10.2. The molecule has 0 heterocycles. The zero-order valence-electron chi connectivity index (χ0n) is 15.8. The van der Waals surface area contributed by atoms with E-state index >= 15 is 0 Å². The van der Waals surface area contributed by atoms with Gasteiger partial charge in [0.1, 0.15) is 0 Å². The Hall–Kier alpha value is -1.74. The maximum atomic E-state index is 10.2. The van der Waals surface area contributed by atoms with Gasteiger partial charge in [-0.1, -0.05) is 62.5 Å². The second kappa shape index (κ2) is 11.8. The first-order valence-electron chi connectivity index (χ1n) is 10.2. The van der Waals surface area contributed by atoms with Crippen molar-refractivity contribution in [1.82, 2.24) is 0 Å². The third kappa shape index (κ3) is 7.65. The minimum absolute atomic E-state index is 0.0752. The summed E-state index contributed by atoms with van der Waals surface area (Å²) in [4.78, 5) is 0. The van der Waals surface area contributed by atoms with E-state index in [9.17, 15) is 15.3 Å². The van der Waals surface area contributed by atoms with Gasteiger partial charge in [-0.05, 0) is 62.1 Å². The summed E-state index contributed by atoms with van der Waals surface area (Å²) in [6.07, 6.45) is 21.2. The quantitative estimate of drug-likeness (QED) is 0.275. The van der Waals surface area contributed by atoms with Gasteiger partial charge in [0.15, 0.2) is 11.5 Å². The number of unbranched alkanes of at least 4 members (excludes halogenated alkanes) is 5. The SMILES string of the molecule is Oc1ccc(/C=C\CCCCCC/C=C/C(O)C2CCCCC2)cc1O. The summed E-state index contributed by atoms with van der Waals surface area (Å²) in [5.74, 6) is 0.332. The monoisotopic (exact) mass is 358 g/mol. The van der Waals surface area contributed by atoms with Crippen LogP contribution < -0.4 is 0 Å². The molecule has 0 radical (unpaired) electrons. The molecule has 1 fully saturated rings. The number of aromatic hydroxyl groups is 2. The summed E-state index contributed by atoms with van der Waals surface area (Å²) in [7, 11) is 0. The molecule has 3 heteroatoms. The number of phenolic OH excluding ortho intramolecular Hbond substituents is 2. The van der Waals surface area contributed by atoms with E-state index in [1.54, 1.807) is 12.1 Å². The van der Waals surface area contributed by atoms with Gasteiger partial charge in [-0.15, -0.1) is 0 Å². The summed E-state index contributed by atoms with van der Waals surface area (Å²) in [5, 5.41) is 28.9. The largest absolute Gasteiger partial charge is 0.504 e. The Kier molecular flexibility index (Phi) is 9.33. The molecule has 1 aromatic carbocycles. The normalized spacial score (nSPS) is 17.3. The average Bonchev–Trinajstić information content (AvgIpc) is 2.66. The minimum atomic E-state index is -0.236. The Labute approximate surface area is 158 Å². The molecule has 2 rings (SSSR count). The van der Waals surface area contributed by atoms with Crippen molar-refractivity contribution in [1.29, 1.82) is 0 Å². The van der Waals surface area contributed by atoms with Crippen LogP contribution in [0, 0.1) is 5.92 Å². The number of aliphatic hydroxyl groups is 1. The number of phenols is 2. The smallest absolute Gasteiger partial charge is 0.157 e. The van der Waals surface area contributed by atoms with E-state index in [2.05, 4.69) is 12.2 Å². The van der Waals surface area contributed by atoms with Crippen LogP contribution in [0.15, 0.2) is 36.4 Å². The molecule has 1 unspecified atom stereocenters. The van der Waals surface area contributed by atoms with E-state index in [1.165, 1.54) is 57.4 Å². The van der Waals surface area contributed by atoms with Crippen LogP contribution in [0.2, 0.25) is 0 Å². The molecule has 26 heavy (non-hydrogen) atoms. The van der Waals surface area contributed by atoms with Crippen LogP contribution >= 0.6 is 0 Å². The predicted octanol–water partition coefficient (Wildman–Crippen LogP) is 5.95. The van der Waals surface area contributed by atoms with Crippen molar-refractivity contribution in [3.8, 4) is 11.5 Å². The molecule has 0 aliphatic heterocycles. The van der Waals surface area contributed by atoms with Crippen molar-refractivity contribution in [2.45, 2.75) is 76.7 Å². The van der Waals surface area contributed by atoms with Gasteiger partial charge in [-0.25, -0.2) is 0 Å². The fourth-order valence-corrected chi connectivity index (χ4v) is 3.61. The number of aliphatic hydroxyl groups excluding tert-OH is 1. The number of hydrogen-bond donors (Lipinski definition) is 3. The Balaban J connectivity index is 1.49. The number of benzene rings is 1. The maximum Gasteiger partial charge on any atom is 0.157 e. The van der Waals surface area contributed by atoms with E-state index in [1.807, 2.05) is 12.2 Å². The fourth-order valence-electron chi connectivity index (χ4n) is 3.61. The predicted molar refractivity (Wildman–Crippen MR) is 108 cm³/mol. The first kappa shape index (κ1) is 20.6. The number of rotatable bonds is 10. The number of hydrogen-bond acceptors (Lipinski definition) is 3. The fraction of sp³-hybridized carbons (Fsp3) is 0.565. The van der Waals surface area contributed by atoms with E-state index < -0.39 is 0 Å². The summed E-state index contributed by atoms with van der Waals surface area (Å²) in [5.41, 5.74) is 0.905. The second-order valence-corrected chi connectivity index (χ2v) is 7.46. The molecule has 0 amide bonds. The molecule has 1 saturated carbocycles. The molecule has 0 spiro atoms. The van der Waals surface area contributed by atoms with Crippen molar-refractivity contribution < 1.29 is 15.3 Å². The third-order valence-electron chi connectivity index (χ3n) is 5.27. The Bertz CT molecular complexity index is 571. The Morgan fingerprint density at radius 3 is 2.27 bits per heavy atom. The molecular weight excluding hydrogens is 324 g/mol. The van der Waals surface area contributed by atoms with Gasteiger partial charge in [0, 0.05) is 0 Å². The van der Waals surface area contributed by atoms with Crippen LogP contribution in [-0.2, 0) is 0 Å². The van der Waals surface area contributed by atoms with Crippen LogP contribution in [0.4, 0.5) is 0 Å². The van der Waals surface area contributed by atoms with E-state index in [-0.39, 0.29) is 17.6 Å². The highest BCUT2D eigenvalue weighted by Gasteiger charge is 2.19. The lowest BCUT2D eigenvalue weighted by atomic mass is 9.85. The summed E-state index contributed by atoms with van der Waals surface area (Å²) < 4.78 is 0. The van der Waals surface area contributed by atoms with E-state index in [4.69, 9.17) is 0 Å². The molecule has 3 N–H and O–H groups in total. The highest BCUT2D eigenvalue weighted by molar-refractivity contribution is 5.54. The molecule has 144 valence electrons.